The van der Waals surface area contributed by atoms with E-state index in [1.165, 1.54) is 0 Å². The van der Waals surface area contributed by atoms with Crippen molar-refractivity contribution in [1.82, 2.24) is 0 Å². The quantitative estimate of drug-likeness (QED) is 0.746. The van der Waals surface area contributed by atoms with Crippen LogP contribution in [0.25, 0.3) is 0 Å². The summed E-state index contributed by atoms with van der Waals surface area (Å²) in [5.41, 5.74) is 1.16. The van der Waals surface area contributed by atoms with Gasteiger partial charge in [0.1, 0.15) is 11.5 Å². The van der Waals surface area contributed by atoms with Gasteiger partial charge in [-0.2, -0.15) is 0 Å². The lowest BCUT2D eigenvalue weighted by molar-refractivity contribution is 0.477. The van der Waals surface area contributed by atoms with Gasteiger partial charge in [-0.3, -0.25) is 0 Å². The van der Waals surface area contributed by atoms with Crippen molar-refractivity contribution in [2.45, 2.75) is 6.42 Å². The van der Waals surface area contributed by atoms with E-state index in [0.717, 1.165) is 23.5 Å². The molecule has 1 heteroatoms. The van der Waals surface area contributed by atoms with Crippen molar-refractivity contribution in [2.24, 2.45) is 0 Å². The molecule has 0 aliphatic carbocycles. The van der Waals surface area contributed by atoms with Crippen LogP contribution in [-0.2, 0) is 6.42 Å². The Morgan fingerprint density at radius 2 is 1.65 bits per heavy atom. The molecule has 0 spiro atoms. The topological polar surface area (TPSA) is 9.23 Å². The molecule has 0 bridgehead atoms. The summed E-state index contributed by atoms with van der Waals surface area (Å²) >= 11 is 0. The summed E-state index contributed by atoms with van der Waals surface area (Å²) in [6, 6.07) is 17.9. The molecule has 1 radical (unpaired) electrons. The largest absolute Gasteiger partial charge is 0.457 e. The Morgan fingerprint density at radius 1 is 0.941 bits per heavy atom. The van der Waals surface area contributed by atoms with Gasteiger partial charge < -0.3 is 4.74 Å². The molecular formula is C16H15O. The van der Waals surface area contributed by atoms with Gasteiger partial charge in [0.2, 0.25) is 0 Å². The van der Waals surface area contributed by atoms with Crippen molar-refractivity contribution in [1.29, 1.82) is 0 Å². The second kappa shape index (κ2) is 5.90. The number of benzene rings is 2. The van der Waals surface area contributed by atoms with Gasteiger partial charge in [-0.05, 0) is 37.1 Å². The van der Waals surface area contributed by atoms with Gasteiger partial charge in [0.25, 0.3) is 0 Å². The lowest BCUT2D eigenvalue weighted by atomic mass is 10.1. The maximum absolute atomic E-state index is 5.85. The number of para-hydroxylation sites is 2. The Bertz CT molecular complexity index is 486. The van der Waals surface area contributed by atoms with E-state index < -0.39 is 0 Å². The summed E-state index contributed by atoms with van der Waals surface area (Å²) < 4.78 is 5.85. The molecule has 1 nitrogen and oxygen atoms in total. The Hall–Kier alpha value is -2.02. The van der Waals surface area contributed by atoms with Crippen LogP contribution in [0.15, 0.2) is 66.7 Å². The normalized spacial score (nSPS) is 10.6. The van der Waals surface area contributed by atoms with Crippen LogP contribution < -0.4 is 4.74 Å². The minimum absolute atomic E-state index is 0.840. The maximum Gasteiger partial charge on any atom is 0.130 e. The van der Waals surface area contributed by atoms with Gasteiger partial charge in [0, 0.05) is 0 Å². The SMILES string of the molecule is [CH2]/C=C/Cc1ccccc1Oc1ccccc1. The third kappa shape index (κ3) is 3.22. The lowest BCUT2D eigenvalue weighted by Crippen LogP contribution is -1.90. The summed E-state index contributed by atoms with van der Waals surface area (Å²) in [5, 5.41) is 0. The molecule has 2 aromatic carbocycles. The molecule has 2 aromatic rings. The van der Waals surface area contributed by atoms with Crippen molar-refractivity contribution in [3.05, 3.63) is 79.2 Å². The fourth-order valence-corrected chi connectivity index (χ4v) is 1.60. The van der Waals surface area contributed by atoms with Crippen LogP contribution in [0.3, 0.4) is 0 Å². The first-order valence-corrected chi connectivity index (χ1v) is 5.65. The molecule has 0 atom stereocenters. The van der Waals surface area contributed by atoms with Crippen molar-refractivity contribution in [3.8, 4) is 11.5 Å². The molecule has 0 aliphatic rings. The molecule has 0 saturated heterocycles. The van der Waals surface area contributed by atoms with Crippen molar-refractivity contribution in [3.63, 3.8) is 0 Å². The summed E-state index contributed by atoms with van der Waals surface area (Å²) in [6.07, 6.45) is 4.67. The average molecular weight is 223 g/mol. The zero-order chi connectivity index (χ0) is 11.9. The molecule has 0 unspecified atom stereocenters. The van der Waals surface area contributed by atoms with E-state index >= 15 is 0 Å². The van der Waals surface area contributed by atoms with Crippen LogP contribution in [0.5, 0.6) is 11.5 Å². The molecule has 0 aliphatic heterocycles. The number of ether oxygens (including phenoxy) is 1. The van der Waals surface area contributed by atoms with E-state index in [-0.39, 0.29) is 0 Å². The molecule has 85 valence electrons. The highest BCUT2D eigenvalue weighted by molar-refractivity contribution is 5.38. The highest BCUT2D eigenvalue weighted by atomic mass is 16.5. The fourth-order valence-electron chi connectivity index (χ4n) is 1.60. The van der Waals surface area contributed by atoms with Crippen LogP contribution in [0.1, 0.15) is 5.56 Å². The molecule has 0 amide bonds. The predicted molar refractivity (Wildman–Crippen MR) is 71.2 cm³/mol. The standard InChI is InChI=1S/C16H15O/c1-2-3-9-14-10-7-8-13-16(14)17-15-11-5-4-6-12-15/h2-8,10-13H,1,9H2/b3-2+. The zero-order valence-electron chi connectivity index (χ0n) is 9.67. The summed E-state index contributed by atoms with van der Waals surface area (Å²) in [6.45, 7) is 3.69. The van der Waals surface area contributed by atoms with E-state index in [4.69, 9.17) is 4.74 Å². The minimum Gasteiger partial charge on any atom is -0.457 e. The predicted octanol–water partition coefficient (Wildman–Crippen LogP) is 4.41. The third-order valence-corrected chi connectivity index (χ3v) is 2.45. The smallest absolute Gasteiger partial charge is 0.130 e. The lowest BCUT2D eigenvalue weighted by Gasteiger charge is -2.09. The Labute approximate surface area is 102 Å². The van der Waals surface area contributed by atoms with Crippen LogP contribution >= 0.6 is 0 Å². The monoisotopic (exact) mass is 223 g/mol. The summed E-state index contributed by atoms with van der Waals surface area (Å²) in [4.78, 5) is 0. The third-order valence-electron chi connectivity index (χ3n) is 2.45. The van der Waals surface area contributed by atoms with Crippen LogP contribution in [0.4, 0.5) is 0 Å². The highest BCUT2D eigenvalue weighted by Gasteiger charge is 2.02. The van der Waals surface area contributed by atoms with Crippen LogP contribution in [-0.4, -0.2) is 0 Å². The second-order valence-corrected chi connectivity index (χ2v) is 3.70. The van der Waals surface area contributed by atoms with Gasteiger partial charge in [-0.15, -0.1) is 0 Å². The molecular weight excluding hydrogens is 208 g/mol. The van der Waals surface area contributed by atoms with E-state index in [1.807, 2.05) is 54.6 Å². The Kier molecular flexibility index (Phi) is 3.98. The number of rotatable bonds is 4. The molecule has 0 N–H and O–H groups in total. The van der Waals surface area contributed by atoms with Crippen molar-refractivity contribution >= 4 is 0 Å². The minimum atomic E-state index is 0.840. The zero-order valence-corrected chi connectivity index (χ0v) is 9.67. The number of hydrogen-bond acceptors (Lipinski definition) is 1. The van der Waals surface area contributed by atoms with E-state index in [2.05, 4.69) is 13.0 Å². The summed E-state index contributed by atoms with van der Waals surface area (Å²) in [5.74, 6) is 1.76. The molecule has 0 heterocycles. The maximum atomic E-state index is 5.85. The van der Waals surface area contributed by atoms with Crippen molar-refractivity contribution < 1.29 is 4.74 Å². The van der Waals surface area contributed by atoms with Gasteiger partial charge in [-0.25, -0.2) is 0 Å². The van der Waals surface area contributed by atoms with E-state index in [0.29, 0.717) is 0 Å². The first-order chi connectivity index (χ1) is 8.40. The Morgan fingerprint density at radius 3 is 2.41 bits per heavy atom. The second-order valence-electron chi connectivity index (χ2n) is 3.70. The van der Waals surface area contributed by atoms with Gasteiger partial charge in [-0.1, -0.05) is 48.6 Å². The molecule has 17 heavy (non-hydrogen) atoms. The van der Waals surface area contributed by atoms with Gasteiger partial charge >= 0.3 is 0 Å². The Balaban J connectivity index is 2.20. The molecule has 0 aromatic heterocycles. The van der Waals surface area contributed by atoms with Crippen LogP contribution in [0.2, 0.25) is 0 Å². The molecule has 0 fully saturated rings. The number of hydrogen-bond donors (Lipinski definition) is 0. The van der Waals surface area contributed by atoms with E-state index in [1.54, 1.807) is 6.08 Å². The fraction of sp³-hybridized carbons (Fsp3) is 0.0625. The van der Waals surface area contributed by atoms with Gasteiger partial charge in [0.15, 0.2) is 0 Å². The number of allylic oxidation sites excluding steroid dienone is 2. The first kappa shape index (κ1) is 11.5. The molecule has 2 rings (SSSR count). The van der Waals surface area contributed by atoms with Crippen molar-refractivity contribution in [2.75, 3.05) is 0 Å². The van der Waals surface area contributed by atoms with Gasteiger partial charge in [0.05, 0.1) is 0 Å². The molecule has 0 saturated carbocycles. The average Bonchev–Trinajstić information content (AvgIpc) is 2.39. The summed E-state index contributed by atoms with van der Waals surface area (Å²) in [7, 11) is 0. The highest BCUT2D eigenvalue weighted by Crippen LogP contribution is 2.25. The van der Waals surface area contributed by atoms with E-state index in [9.17, 15) is 0 Å². The first-order valence-electron chi connectivity index (χ1n) is 5.65. The van der Waals surface area contributed by atoms with Crippen LogP contribution in [0, 0.1) is 6.92 Å².